The van der Waals surface area contributed by atoms with Gasteiger partial charge in [-0.05, 0) is 47.5 Å². The highest BCUT2D eigenvalue weighted by atomic mass is 32.1. The second-order valence-electron chi connectivity index (χ2n) is 9.91. The number of ketones is 1. The predicted molar refractivity (Wildman–Crippen MR) is 142 cm³/mol. The van der Waals surface area contributed by atoms with Gasteiger partial charge in [0.15, 0.2) is 5.78 Å². The first-order valence-corrected chi connectivity index (χ1v) is 13.6. The number of Topliss-reactive ketones (excluding diaryl/α,β-unsaturated/α-hetero) is 1. The van der Waals surface area contributed by atoms with E-state index in [0.29, 0.717) is 10.4 Å². The van der Waals surface area contributed by atoms with Gasteiger partial charge in [-0.1, -0.05) is 67.8 Å². The monoisotopic (exact) mass is 511 g/mol. The molecule has 37 heavy (non-hydrogen) atoms. The maximum Gasteiger partial charge on any atom is 0.240 e. The van der Waals surface area contributed by atoms with Gasteiger partial charge < -0.3 is 10.6 Å². The van der Waals surface area contributed by atoms with Crippen LogP contribution >= 0.6 is 11.3 Å². The Morgan fingerprint density at radius 2 is 1.59 bits per heavy atom. The standard InChI is InChI=1S/C30H29N3O3S/c31-18-19-13-15-20(16-14-19)24-25(28(34)23-12-7-17-37-23)26(21-8-3-1-4-9-21)33(27(24)29(32)35)30(36)22-10-5-2-6-11-22/h1,3-4,7-9,12-17,22,24-27H,2,5-6,10-11H2,(H2,32,35). The Balaban J connectivity index is 1.71. The Morgan fingerprint density at radius 1 is 0.892 bits per heavy atom. The van der Waals surface area contributed by atoms with E-state index < -0.39 is 29.8 Å². The quantitative estimate of drug-likeness (QED) is 0.458. The van der Waals surface area contributed by atoms with E-state index in [1.807, 2.05) is 41.8 Å². The van der Waals surface area contributed by atoms with E-state index in [9.17, 15) is 19.6 Å². The molecule has 1 aliphatic carbocycles. The summed E-state index contributed by atoms with van der Waals surface area (Å²) in [7, 11) is 0. The van der Waals surface area contributed by atoms with Gasteiger partial charge in [-0.3, -0.25) is 14.4 Å². The summed E-state index contributed by atoms with van der Waals surface area (Å²) < 4.78 is 0. The fourth-order valence-electron chi connectivity index (χ4n) is 6.14. The second kappa shape index (κ2) is 10.7. The van der Waals surface area contributed by atoms with Gasteiger partial charge in [0.25, 0.3) is 0 Å². The summed E-state index contributed by atoms with van der Waals surface area (Å²) in [4.78, 5) is 43.8. The molecule has 2 aromatic carbocycles. The molecule has 2 aliphatic rings. The third-order valence-electron chi connectivity index (χ3n) is 7.80. The lowest BCUT2D eigenvalue weighted by atomic mass is 9.77. The summed E-state index contributed by atoms with van der Waals surface area (Å²) in [5.74, 6) is -2.38. The lowest BCUT2D eigenvalue weighted by Gasteiger charge is -2.35. The number of nitrogens with zero attached hydrogens (tertiary/aromatic N) is 2. The molecule has 1 aliphatic heterocycles. The van der Waals surface area contributed by atoms with Crippen molar-refractivity contribution < 1.29 is 14.4 Å². The van der Waals surface area contributed by atoms with Gasteiger partial charge in [-0.15, -0.1) is 11.3 Å². The van der Waals surface area contributed by atoms with E-state index in [1.54, 1.807) is 35.2 Å². The molecule has 188 valence electrons. The minimum Gasteiger partial charge on any atom is -0.368 e. The molecule has 2 heterocycles. The molecule has 6 nitrogen and oxygen atoms in total. The van der Waals surface area contributed by atoms with Crippen LogP contribution in [0, 0.1) is 23.2 Å². The Bertz CT molecular complexity index is 1310. The summed E-state index contributed by atoms with van der Waals surface area (Å²) in [6.07, 6.45) is 4.58. The fraction of sp³-hybridized carbons (Fsp3) is 0.333. The summed E-state index contributed by atoms with van der Waals surface area (Å²) in [6.45, 7) is 0. The van der Waals surface area contributed by atoms with Crippen molar-refractivity contribution in [1.29, 1.82) is 5.26 Å². The first-order chi connectivity index (χ1) is 18.0. The third kappa shape index (κ3) is 4.70. The van der Waals surface area contributed by atoms with Gasteiger partial charge in [-0.25, -0.2) is 0 Å². The molecule has 0 spiro atoms. The first-order valence-electron chi connectivity index (χ1n) is 12.8. The Hall–Kier alpha value is -3.76. The van der Waals surface area contributed by atoms with Gasteiger partial charge >= 0.3 is 0 Å². The molecule has 4 atom stereocenters. The number of primary amides is 1. The summed E-state index contributed by atoms with van der Waals surface area (Å²) in [5, 5.41) is 11.2. The van der Waals surface area contributed by atoms with Gasteiger partial charge in [0.2, 0.25) is 11.8 Å². The fourth-order valence-corrected chi connectivity index (χ4v) is 6.85. The second-order valence-corrected chi connectivity index (χ2v) is 10.9. The van der Waals surface area contributed by atoms with Crippen molar-refractivity contribution in [3.63, 3.8) is 0 Å². The van der Waals surface area contributed by atoms with Gasteiger partial charge in [0.1, 0.15) is 6.04 Å². The number of carbonyl (C=O) groups is 3. The number of hydrogen-bond acceptors (Lipinski definition) is 5. The SMILES string of the molecule is N#Cc1ccc(C2C(C(=O)c3cccs3)C(c3ccccc3)N(C(=O)C3CCCCC3)C2C(N)=O)cc1. The molecule has 1 saturated carbocycles. The number of nitrogens with two attached hydrogens (primary N) is 1. The Morgan fingerprint density at radius 3 is 2.19 bits per heavy atom. The van der Waals surface area contributed by atoms with Crippen LogP contribution in [0.3, 0.4) is 0 Å². The summed E-state index contributed by atoms with van der Waals surface area (Å²) in [5.41, 5.74) is 8.08. The number of likely N-dealkylation sites (tertiary alicyclic amines) is 1. The molecule has 1 aromatic heterocycles. The minimum absolute atomic E-state index is 0.0996. The highest BCUT2D eigenvalue weighted by Gasteiger charge is 2.57. The molecule has 0 radical (unpaired) electrons. The van der Waals surface area contributed by atoms with Crippen molar-refractivity contribution in [2.24, 2.45) is 17.6 Å². The molecule has 2 amide bonds. The third-order valence-corrected chi connectivity index (χ3v) is 8.68. The zero-order valence-corrected chi connectivity index (χ0v) is 21.3. The lowest BCUT2D eigenvalue weighted by molar-refractivity contribution is -0.144. The lowest BCUT2D eigenvalue weighted by Crippen LogP contribution is -2.49. The Labute approximate surface area is 220 Å². The molecular formula is C30H29N3O3S. The number of nitriles is 1. The number of carbonyl (C=O) groups excluding carboxylic acids is 3. The molecule has 4 unspecified atom stereocenters. The van der Waals surface area contributed by atoms with Crippen molar-refractivity contribution >= 4 is 28.9 Å². The zero-order valence-electron chi connectivity index (χ0n) is 20.5. The highest BCUT2D eigenvalue weighted by molar-refractivity contribution is 7.12. The summed E-state index contributed by atoms with van der Waals surface area (Å²) in [6, 6.07) is 20.6. The van der Waals surface area contributed by atoms with E-state index in [4.69, 9.17) is 5.73 Å². The van der Waals surface area contributed by atoms with Crippen LogP contribution in [-0.4, -0.2) is 28.5 Å². The van der Waals surface area contributed by atoms with Crippen LogP contribution in [0.25, 0.3) is 0 Å². The highest BCUT2D eigenvalue weighted by Crippen LogP contribution is 2.52. The van der Waals surface area contributed by atoms with Crippen molar-refractivity contribution in [2.75, 3.05) is 0 Å². The van der Waals surface area contributed by atoms with Gasteiger partial charge in [0, 0.05) is 11.8 Å². The number of hydrogen-bond donors (Lipinski definition) is 1. The predicted octanol–water partition coefficient (Wildman–Crippen LogP) is 5.22. The largest absolute Gasteiger partial charge is 0.368 e. The zero-order chi connectivity index (χ0) is 25.9. The van der Waals surface area contributed by atoms with Crippen LogP contribution in [-0.2, 0) is 9.59 Å². The molecule has 7 heteroatoms. The minimum atomic E-state index is -0.985. The van der Waals surface area contributed by atoms with Crippen LogP contribution in [0.1, 0.15) is 70.4 Å². The number of rotatable bonds is 6. The smallest absolute Gasteiger partial charge is 0.240 e. The molecule has 1 saturated heterocycles. The average molecular weight is 512 g/mol. The van der Waals surface area contributed by atoms with Crippen LogP contribution < -0.4 is 5.73 Å². The van der Waals surface area contributed by atoms with E-state index >= 15 is 0 Å². The van der Waals surface area contributed by atoms with Crippen molar-refractivity contribution in [1.82, 2.24) is 4.90 Å². The van der Waals surface area contributed by atoms with Crippen molar-refractivity contribution in [3.8, 4) is 6.07 Å². The van der Waals surface area contributed by atoms with E-state index in [-0.39, 0.29) is 17.6 Å². The van der Waals surface area contributed by atoms with Crippen LogP contribution in [0.2, 0.25) is 0 Å². The van der Waals surface area contributed by atoms with Crippen LogP contribution in [0.5, 0.6) is 0 Å². The van der Waals surface area contributed by atoms with Crippen molar-refractivity contribution in [3.05, 3.63) is 93.7 Å². The van der Waals surface area contributed by atoms with Crippen molar-refractivity contribution in [2.45, 2.75) is 50.1 Å². The molecule has 0 bridgehead atoms. The number of thiophene rings is 1. The number of benzene rings is 2. The molecular weight excluding hydrogens is 482 g/mol. The number of amides is 2. The van der Waals surface area contributed by atoms with Gasteiger partial charge in [0.05, 0.1) is 28.5 Å². The topological polar surface area (TPSA) is 104 Å². The molecule has 5 rings (SSSR count). The maximum absolute atomic E-state index is 14.2. The molecule has 2 fully saturated rings. The molecule has 2 N–H and O–H groups in total. The van der Waals surface area contributed by atoms with E-state index in [2.05, 4.69) is 6.07 Å². The van der Waals surface area contributed by atoms with E-state index in [0.717, 1.165) is 43.2 Å². The normalized spacial score (nSPS) is 23.9. The van der Waals surface area contributed by atoms with Crippen LogP contribution in [0.4, 0.5) is 0 Å². The first kappa shape index (κ1) is 24.9. The average Bonchev–Trinajstić information content (AvgIpc) is 3.60. The van der Waals surface area contributed by atoms with Crippen LogP contribution in [0.15, 0.2) is 72.1 Å². The summed E-state index contributed by atoms with van der Waals surface area (Å²) >= 11 is 1.35. The maximum atomic E-state index is 14.2. The molecule has 3 aromatic rings. The Kier molecular flexibility index (Phi) is 7.20. The van der Waals surface area contributed by atoms with E-state index in [1.165, 1.54) is 11.3 Å². The van der Waals surface area contributed by atoms with Gasteiger partial charge in [-0.2, -0.15) is 5.26 Å².